The van der Waals surface area contributed by atoms with Crippen LogP contribution in [0.4, 0.5) is 0 Å². The van der Waals surface area contributed by atoms with Crippen molar-refractivity contribution in [2.24, 2.45) is 0 Å². The summed E-state index contributed by atoms with van der Waals surface area (Å²) in [7, 11) is 0. The molecule has 1 aliphatic heterocycles. The van der Waals surface area contributed by atoms with Crippen LogP contribution in [-0.4, -0.2) is 36.0 Å². The monoisotopic (exact) mass is 504 g/mol. The molecule has 1 atom stereocenters. The number of nitrogens with zero attached hydrogens (tertiary/aromatic N) is 2. The van der Waals surface area contributed by atoms with E-state index >= 15 is 0 Å². The van der Waals surface area contributed by atoms with E-state index in [2.05, 4.69) is 97.3 Å². The number of hydrogen-bond acceptors (Lipinski definition) is 2. The van der Waals surface area contributed by atoms with Gasteiger partial charge in [0.1, 0.15) is 0 Å². The maximum Gasteiger partial charge on any atom is 0.0602 e. The first-order chi connectivity index (χ1) is 14.9. The molecule has 3 aromatic carbocycles. The molecule has 1 heterocycles. The highest BCUT2D eigenvalue weighted by atomic mass is 35.5. The Kier molecular flexibility index (Phi) is 10.3. The highest BCUT2D eigenvalue weighted by Crippen LogP contribution is 2.30. The van der Waals surface area contributed by atoms with E-state index in [-0.39, 0.29) is 36.3 Å². The maximum absolute atomic E-state index is 6.16. The molecular weight excluding hydrogens is 471 g/mol. The van der Waals surface area contributed by atoms with Crippen LogP contribution in [0.1, 0.15) is 49.1 Å². The van der Waals surface area contributed by atoms with E-state index in [0.29, 0.717) is 0 Å². The van der Waals surface area contributed by atoms with Crippen molar-refractivity contribution in [3.05, 3.63) is 106 Å². The quantitative estimate of drug-likeness (QED) is 0.357. The Balaban J connectivity index is 0.00000193. The second kappa shape index (κ2) is 12.2. The molecule has 0 aromatic heterocycles. The molecule has 0 spiro atoms. The molecule has 0 radical (unpaired) electrons. The van der Waals surface area contributed by atoms with Crippen molar-refractivity contribution >= 4 is 36.4 Å². The van der Waals surface area contributed by atoms with Crippen molar-refractivity contribution < 1.29 is 0 Å². The molecule has 5 heteroatoms. The fourth-order valence-electron chi connectivity index (χ4n) is 4.44. The summed E-state index contributed by atoms with van der Waals surface area (Å²) in [4.78, 5) is 5.18. The fourth-order valence-corrected chi connectivity index (χ4v) is 4.57. The normalized spacial score (nSPS) is 15.9. The number of rotatable bonds is 5. The molecular formula is C28H35Cl3N2. The van der Waals surface area contributed by atoms with Gasteiger partial charge in [-0.05, 0) is 39.8 Å². The van der Waals surface area contributed by atoms with Crippen LogP contribution in [0.15, 0.2) is 78.9 Å². The SMILES string of the molecule is CC(C)(C)c1ccc(CN2CCN([C@@H](c3ccccc3)c3ccc(Cl)cc3)CC2)cc1.Cl.Cl. The van der Waals surface area contributed by atoms with Crippen LogP contribution in [0.25, 0.3) is 0 Å². The molecule has 3 aromatic rings. The highest BCUT2D eigenvalue weighted by Gasteiger charge is 2.26. The zero-order valence-electron chi connectivity index (χ0n) is 19.7. The van der Waals surface area contributed by atoms with Crippen molar-refractivity contribution in [2.45, 2.75) is 38.8 Å². The number of halogens is 3. The first-order valence-corrected chi connectivity index (χ1v) is 11.6. The highest BCUT2D eigenvalue weighted by molar-refractivity contribution is 6.30. The average Bonchev–Trinajstić information content (AvgIpc) is 2.77. The Labute approximate surface area is 216 Å². The third kappa shape index (κ3) is 7.21. The molecule has 0 unspecified atom stereocenters. The minimum atomic E-state index is 0. The zero-order chi connectivity index (χ0) is 21.8. The Bertz CT molecular complexity index is 959. The predicted molar refractivity (Wildman–Crippen MR) is 146 cm³/mol. The molecule has 0 saturated carbocycles. The lowest BCUT2D eigenvalue weighted by Gasteiger charge is -2.40. The van der Waals surface area contributed by atoms with Crippen molar-refractivity contribution in [1.82, 2.24) is 9.80 Å². The summed E-state index contributed by atoms with van der Waals surface area (Å²) in [5.41, 5.74) is 5.66. The van der Waals surface area contributed by atoms with E-state index < -0.39 is 0 Å². The largest absolute Gasteiger partial charge is 0.297 e. The molecule has 1 fully saturated rings. The van der Waals surface area contributed by atoms with Gasteiger partial charge in [0.05, 0.1) is 6.04 Å². The zero-order valence-corrected chi connectivity index (χ0v) is 22.1. The van der Waals surface area contributed by atoms with Gasteiger partial charge in [-0.15, -0.1) is 24.8 Å². The second-order valence-electron chi connectivity index (χ2n) is 9.62. The molecule has 0 bridgehead atoms. The molecule has 1 saturated heterocycles. The molecule has 0 N–H and O–H groups in total. The lowest BCUT2D eigenvalue weighted by Crippen LogP contribution is -2.47. The Morgan fingerprint density at radius 1 is 0.727 bits per heavy atom. The smallest absolute Gasteiger partial charge is 0.0602 e. The van der Waals surface area contributed by atoms with Crippen LogP contribution in [-0.2, 0) is 12.0 Å². The molecule has 2 nitrogen and oxygen atoms in total. The van der Waals surface area contributed by atoms with Gasteiger partial charge < -0.3 is 0 Å². The van der Waals surface area contributed by atoms with E-state index in [1.807, 2.05) is 12.1 Å². The first kappa shape index (κ1) is 27.7. The fraction of sp³-hybridized carbons (Fsp3) is 0.357. The van der Waals surface area contributed by atoms with Gasteiger partial charge >= 0.3 is 0 Å². The van der Waals surface area contributed by atoms with Gasteiger partial charge in [0.25, 0.3) is 0 Å². The summed E-state index contributed by atoms with van der Waals surface area (Å²) in [6.45, 7) is 12.1. The van der Waals surface area contributed by atoms with Gasteiger partial charge in [0.2, 0.25) is 0 Å². The van der Waals surface area contributed by atoms with Crippen molar-refractivity contribution in [1.29, 1.82) is 0 Å². The Hall–Kier alpha value is -1.55. The van der Waals surface area contributed by atoms with Gasteiger partial charge in [-0.2, -0.15) is 0 Å². The first-order valence-electron chi connectivity index (χ1n) is 11.3. The number of benzene rings is 3. The summed E-state index contributed by atoms with van der Waals surface area (Å²) >= 11 is 6.16. The number of piperazine rings is 1. The molecule has 0 aliphatic carbocycles. The standard InChI is InChI=1S/C28H33ClN2.2ClH/c1-28(2,3)25-13-9-22(10-14-25)21-30-17-19-31(20-18-30)27(23-7-5-4-6-8-23)24-11-15-26(29)16-12-24;;/h4-16,27H,17-21H2,1-3H3;2*1H/t27-;;/m0../s1. The topological polar surface area (TPSA) is 6.48 Å². The summed E-state index contributed by atoms with van der Waals surface area (Å²) < 4.78 is 0. The minimum absolute atomic E-state index is 0. The lowest BCUT2D eigenvalue weighted by atomic mass is 9.87. The predicted octanol–water partition coefficient (Wildman–Crippen LogP) is 7.39. The van der Waals surface area contributed by atoms with Crippen LogP contribution >= 0.6 is 36.4 Å². The summed E-state index contributed by atoms with van der Waals surface area (Å²) in [6, 6.07) is 28.6. The summed E-state index contributed by atoms with van der Waals surface area (Å²) in [5, 5.41) is 0.790. The van der Waals surface area contributed by atoms with Crippen LogP contribution in [0, 0.1) is 0 Å². The van der Waals surface area contributed by atoms with Crippen LogP contribution in [0.2, 0.25) is 5.02 Å². The Morgan fingerprint density at radius 3 is 1.82 bits per heavy atom. The van der Waals surface area contributed by atoms with E-state index in [1.54, 1.807) is 0 Å². The second-order valence-corrected chi connectivity index (χ2v) is 10.1. The van der Waals surface area contributed by atoms with E-state index in [0.717, 1.165) is 37.7 Å². The Morgan fingerprint density at radius 2 is 1.27 bits per heavy atom. The van der Waals surface area contributed by atoms with Crippen molar-refractivity contribution in [2.75, 3.05) is 26.2 Å². The third-order valence-corrected chi connectivity index (χ3v) is 6.55. The van der Waals surface area contributed by atoms with E-state index in [9.17, 15) is 0 Å². The van der Waals surface area contributed by atoms with Crippen molar-refractivity contribution in [3.8, 4) is 0 Å². The van der Waals surface area contributed by atoms with Gasteiger partial charge in [-0.25, -0.2) is 0 Å². The van der Waals surface area contributed by atoms with Crippen LogP contribution < -0.4 is 0 Å². The molecule has 4 rings (SSSR count). The maximum atomic E-state index is 6.16. The molecule has 1 aliphatic rings. The van der Waals surface area contributed by atoms with Gasteiger partial charge in [0.15, 0.2) is 0 Å². The molecule has 33 heavy (non-hydrogen) atoms. The minimum Gasteiger partial charge on any atom is -0.297 e. The van der Waals surface area contributed by atoms with E-state index in [1.165, 1.54) is 22.3 Å². The molecule has 0 amide bonds. The summed E-state index contributed by atoms with van der Waals surface area (Å²) in [5.74, 6) is 0. The van der Waals surface area contributed by atoms with Crippen molar-refractivity contribution in [3.63, 3.8) is 0 Å². The number of hydrogen-bond donors (Lipinski definition) is 0. The van der Waals surface area contributed by atoms with Gasteiger partial charge in [-0.1, -0.05) is 99.1 Å². The van der Waals surface area contributed by atoms with Crippen LogP contribution in [0.3, 0.4) is 0 Å². The third-order valence-electron chi connectivity index (χ3n) is 6.30. The van der Waals surface area contributed by atoms with Gasteiger partial charge in [0, 0.05) is 37.7 Å². The van der Waals surface area contributed by atoms with E-state index in [4.69, 9.17) is 11.6 Å². The van der Waals surface area contributed by atoms with Gasteiger partial charge in [-0.3, -0.25) is 9.80 Å². The lowest BCUT2D eigenvalue weighted by molar-refractivity contribution is 0.105. The van der Waals surface area contributed by atoms with Crippen LogP contribution in [0.5, 0.6) is 0 Å². The average molecular weight is 506 g/mol. The summed E-state index contributed by atoms with van der Waals surface area (Å²) in [6.07, 6.45) is 0. The molecule has 178 valence electrons.